The number of thiocarbonyl (C=S) groups is 1. The zero-order valence-corrected chi connectivity index (χ0v) is 14.7. The first-order valence-corrected chi connectivity index (χ1v) is 8.05. The molecule has 0 spiro atoms. The predicted octanol–water partition coefficient (Wildman–Crippen LogP) is 2.70. The molecule has 6 nitrogen and oxygen atoms in total. The van der Waals surface area contributed by atoms with E-state index in [4.69, 9.17) is 22.7 Å². The van der Waals surface area contributed by atoms with Crippen LogP contribution in [0.2, 0.25) is 0 Å². The number of primary amides is 1. The van der Waals surface area contributed by atoms with Crippen LogP contribution < -0.4 is 21.1 Å². The van der Waals surface area contributed by atoms with Crippen molar-refractivity contribution in [1.82, 2.24) is 5.32 Å². The lowest BCUT2D eigenvalue weighted by molar-refractivity contribution is 0.0969. The van der Waals surface area contributed by atoms with Crippen molar-refractivity contribution >= 4 is 34.8 Å². The molecule has 2 rings (SSSR count). The van der Waals surface area contributed by atoms with Gasteiger partial charge in [0.1, 0.15) is 5.75 Å². The Labute approximate surface area is 151 Å². The van der Waals surface area contributed by atoms with Crippen LogP contribution in [0.5, 0.6) is 5.75 Å². The molecule has 2 amide bonds. The number of hydrogen-bond acceptors (Lipinski definition) is 4. The Morgan fingerprint density at radius 1 is 1.08 bits per heavy atom. The van der Waals surface area contributed by atoms with E-state index in [-0.39, 0.29) is 17.1 Å². The third-order valence-electron chi connectivity index (χ3n) is 3.15. The molecule has 4 N–H and O–H groups in total. The topological polar surface area (TPSA) is 93.4 Å². The molecule has 0 fully saturated rings. The Balaban J connectivity index is 2.03. The van der Waals surface area contributed by atoms with E-state index in [0.29, 0.717) is 22.6 Å². The Morgan fingerprint density at radius 3 is 2.32 bits per heavy atom. The molecule has 7 heteroatoms. The van der Waals surface area contributed by atoms with Gasteiger partial charge >= 0.3 is 0 Å². The highest BCUT2D eigenvalue weighted by atomic mass is 32.1. The summed E-state index contributed by atoms with van der Waals surface area (Å²) in [5.74, 6) is -0.393. The third-order valence-corrected chi connectivity index (χ3v) is 3.35. The predicted molar refractivity (Wildman–Crippen MR) is 101 cm³/mol. The number of carbonyl (C=O) groups is 2. The van der Waals surface area contributed by atoms with Gasteiger partial charge in [0.15, 0.2) is 5.11 Å². The van der Waals surface area contributed by atoms with Crippen LogP contribution in [0.25, 0.3) is 0 Å². The van der Waals surface area contributed by atoms with E-state index >= 15 is 0 Å². The lowest BCUT2D eigenvalue weighted by atomic mass is 10.2. The van der Waals surface area contributed by atoms with Gasteiger partial charge in [-0.2, -0.15) is 0 Å². The maximum absolute atomic E-state index is 12.4. The molecule has 2 aromatic rings. The molecule has 0 saturated heterocycles. The quantitative estimate of drug-likeness (QED) is 0.716. The van der Waals surface area contributed by atoms with Crippen LogP contribution in [0.4, 0.5) is 5.69 Å². The number of anilines is 1. The van der Waals surface area contributed by atoms with Crippen LogP contribution >= 0.6 is 12.2 Å². The lowest BCUT2D eigenvalue weighted by Crippen LogP contribution is -2.34. The van der Waals surface area contributed by atoms with E-state index in [1.54, 1.807) is 48.5 Å². The summed E-state index contributed by atoms with van der Waals surface area (Å²) in [4.78, 5) is 23.5. The normalized spacial score (nSPS) is 10.2. The van der Waals surface area contributed by atoms with Crippen molar-refractivity contribution in [2.75, 3.05) is 5.32 Å². The van der Waals surface area contributed by atoms with Gasteiger partial charge in [0, 0.05) is 11.3 Å². The van der Waals surface area contributed by atoms with Gasteiger partial charge in [0.2, 0.25) is 5.91 Å². The molecule has 0 bridgehead atoms. The minimum absolute atomic E-state index is 0.0530. The summed E-state index contributed by atoms with van der Waals surface area (Å²) in [6.45, 7) is 3.77. The summed E-state index contributed by atoms with van der Waals surface area (Å²) in [6.07, 6.45) is -0.0530. The minimum atomic E-state index is -0.510. The number of ether oxygens (including phenoxy) is 1. The van der Waals surface area contributed by atoms with E-state index in [9.17, 15) is 9.59 Å². The fourth-order valence-corrected chi connectivity index (χ4v) is 2.27. The van der Waals surface area contributed by atoms with Crippen molar-refractivity contribution in [3.63, 3.8) is 0 Å². The molecular weight excluding hydrogens is 338 g/mol. The van der Waals surface area contributed by atoms with Gasteiger partial charge < -0.3 is 15.8 Å². The van der Waals surface area contributed by atoms with Crippen molar-refractivity contribution in [1.29, 1.82) is 0 Å². The Morgan fingerprint density at radius 2 is 1.72 bits per heavy atom. The standard InChI is InChI=1S/C18H19N3O3S/c1-11(2)24-15-6-4-3-5-14(15)17(23)21-18(25)20-13-9-7-12(8-10-13)16(19)22/h3-11H,1-2H3,(H2,19,22)(H2,20,21,23,25). The number of nitrogens with two attached hydrogens (primary N) is 1. The summed E-state index contributed by atoms with van der Waals surface area (Å²) < 4.78 is 5.63. The van der Waals surface area contributed by atoms with Gasteiger partial charge in [-0.05, 0) is 62.5 Å². The average molecular weight is 357 g/mol. The van der Waals surface area contributed by atoms with Gasteiger partial charge in [0.05, 0.1) is 11.7 Å². The number of carbonyl (C=O) groups excluding carboxylic acids is 2. The second kappa shape index (κ2) is 8.25. The highest BCUT2D eigenvalue weighted by Crippen LogP contribution is 2.19. The van der Waals surface area contributed by atoms with Crippen LogP contribution in [0.15, 0.2) is 48.5 Å². The fourth-order valence-electron chi connectivity index (χ4n) is 2.06. The van der Waals surface area contributed by atoms with Crippen molar-refractivity contribution in [2.24, 2.45) is 5.73 Å². The van der Waals surface area contributed by atoms with Crippen LogP contribution in [0.1, 0.15) is 34.6 Å². The van der Waals surface area contributed by atoms with Crippen molar-refractivity contribution in [3.8, 4) is 5.75 Å². The SMILES string of the molecule is CC(C)Oc1ccccc1C(=O)NC(=S)Nc1ccc(C(N)=O)cc1. The first-order valence-electron chi connectivity index (χ1n) is 7.64. The minimum Gasteiger partial charge on any atom is -0.490 e. The molecule has 0 unspecified atom stereocenters. The molecule has 2 aromatic carbocycles. The van der Waals surface area contributed by atoms with E-state index in [1.165, 1.54) is 0 Å². The van der Waals surface area contributed by atoms with Crippen molar-refractivity contribution < 1.29 is 14.3 Å². The molecule has 0 atom stereocenters. The number of hydrogen-bond donors (Lipinski definition) is 3. The van der Waals surface area contributed by atoms with Crippen LogP contribution in [-0.4, -0.2) is 23.0 Å². The summed E-state index contributed by atoms with van der Waals surface area (Å²) in [7, 11) is 0. The summed E-state index contributed by atoms with van der Waals surface area (Å²) in [6, 6.07) is 13.4. The monoisotopic (exact) mass is 357 g/mol. The van der Waals surface area contributed by atoms with Gasteiger partial charge in [-0.3, -0.25) is 14.9 Å². The van der Waals surface area contributed by atoms with Gasteiger partial charge in [-0.25, -0.2) is 0 Å². The third kappa shape index (κ3) is 5.29. The Kier molecular flexibility index (Phi) is 6.08. The van der Waals surface area contributed by atoms with Gasteiger partial charge in [-0.1, -0.05) is 12.1 Å². The summed E-state index contributed by atoms with van der Waals surface area (Å²) in [5.41, 5.74) is 6.60. The van der Waals surface area contributed by atoms with Crippen LogP contribution in [0, 0.1) is 0 Å². The average Bonchev–Trinajstić information content (AvgIpc) is 2.55. The number of nitrogens with one attached hydrogen (secondary N) is 2. The highest BCUT2D eigenvalue weighted by Gasteiger charge is 2.14. The largest absolute Gasteiger partial charge is 0.490 e. The number of benzene rings is 2. The fraction of sp³-hybridized carbons (Fsp3) is 0.167. The smallest absolute Gasteiger partial charge is 0.261 e. The van der Waals surface area contributed by atoms with Gasteiger partial charge in [-0.15, -0.1) is 0 Å². The molecular formula is C18H19N3O3S. The lowest BCUT2D eigenvalue weighted by Gasteiger charge is -2.15. The Bertz CT molecular complexity index is 788. The molecule has 0 aliphatic carbocycles. The van der Waals surface area contributed by atoms with Gasteiger partial charge in [0.25, 0.3) is 5.91 Å². The van der Waals surface area contributed by atoms with E-state index < -0.39 is 5.91 Å². The molecule has 0 aromatic heterocycles. The summed E-state index contributed by atoms with van der Waals surface area (Å²) in [5, 5.41) is 5.62. The maximum Gasteiger partial charge on any atom is 0.261 e. The molecule has 130 valence electrons. The highest BCUT2D eigenvalue weighted by molar-refractivity contribution is 7.80. The summed E-state index contributed by atoms with van der Waals surface area (Å²) >= 11 is 5.15. The first-order chi connectivity index (χ1) is 11.9. The van der Waals surface area contributed by atoms with E-state index in [2.05, 4.69) is 10.6 Å². The molecule has 0 saturated carbocycles. The zero-order valence-electron chi connectivity index (χ0n) is 13.9. The molecule has 0 aliphatic heterocycles. The number of para-hydroxylation sites is 1. The van der Waals surface area contributed by atoms with Crippen LogP contribution in [-0.2, 0) is 0 Å². The van der Waals surface area contributed by atoms with Crippen LogP contribution in [0.3, 0.4) is 0 Å². The molecule has 0 heterocycles. The van der Waals surface area contributed by atoms with E-state index in [0.717, 1.165) is 0 Å². The second-order valence-electron chi connectivity index (χ2n) is 5.51. The molecule has 25 heavy (non-hydrogen) atoms. The van der Waals surface area contributed by atoms with Crippen molar-refractivity contribution in [2.45, 2.75) is 20.0 Å². The molecule has 0 radical (unpaired) electrons. The Hall–Kier alpha value is -2.93. The molecule has 0 aliphatic rings. The first kappa shape index (κ1) is 18.4. The zero-order chi connectivity index (χ0) is 18.4. The second-order valence-corrected chi connectivity index (χ2v) is 5.92. The van der Waals surface area contributed by atoms with Crippen molar-refractivity contribution in [3.05, 3.63) is 59.7 Å². The number of rotatable bonds is 5. The number of amides is 2. The van der Waals surface area contributed by atoms with E-state index in [1.807, 2.05) is 13.8 Å². The maximum atomic E-state index is 12.4.